The lowest BCUT2D eigenvalue weighted by Gasteiger charge is -2.35. The molecule has 160 valence electrons. The van der Waals surface area contributed by atoms with E-state index in [0.29, 0.717) is 32.8 Å². The van der Waals surface area contributed by atoms with Crippen molar-refractivity contribution in [1.29, 1.82) is 0 Å². The molecule has 0 spiro atoms. The summed E-state index contributed by atoms with van der Waals surface area (Å²) in [6, 6.07) is 7.31. The highest BCUT2D eigenvalue weighted by Crippen LogP contribution is 2.22. The lowest BCUT2D eigenvalue weighted by molar-refractivity contribution is -0.134. The van der Waals surface area contributed by atoms with Crippen LogP contribution in [0.1, 0.15) is 37.0 Å². The molecular weight excluding hydrogens is 384 g/mol. The van der Waals surface area contributed by atoms with Gasteiger partial charge in [-0.3, -0.25) is 14.5 Å². The van der Waals surface area contributed by atoms with Crippen molar-refractivity contribution in [2.45, 2.75) is 51.9 Å². The third-order valence-electron chi connectivity index (χ3n) is 5.60. The molecule has 1 fully saturated rings. The lowest BCUT2D eigenvalue weighted by Crippen LogP contribution is -2.56. The van der Waals surface area contributed by atoms with Crippen LogP contribution in [0.2, 0.25) is 0 Å². The summed E-state index contributed by atoms with van der Waals surface area (Å²) in [5, 5.41) is 14.1. The first-order chi connectivity index (χ1) is 14.7. The summed E-state index contributed by atoms with van der Waals surface area (Å²) in [6.07, 6.45) is 2.09. The molecule has 1 saturated heterocycles. The van der Waals surface area contributed by atoms with Gasteiger partial charge in [0.05, 0.1) is 25.6 Å². The van der Waals surface area contributed by atoms with Crippen LogP contribution in [0.4, 0.5) is 0 Å². The Bertz CT molecular complexity index is 912. The van der Waals surface area contributed by atoms with Crippen molar-refractivity contribution in [1.82, 2.24) is 30.3 Å². The van der Waals surface area contributed by atoms with Gasteiger partial charge in [0.25, 0.3) is 0 Å². The number of amides is 2. The maximum Gasteiger partial charge on any atom is 0.237 e. The van der Waals surface area contributed by atoms with Gasteiger partial charge in [-0.1, -0.05) is 18.2 Å². The normalized spacial score (nSPS) is 18.7. The molecule has 2 aliphatic heterocycles. The van der Waals surface area contributed by atoms with Crippen LogP contribution in [0.25, 0.3) is 0 Å². The third-order valence-corrected chi connectivity index (χ3v) is 5.60. The van der Waals surface area contributed by atoms with Gasteiger partial charge in [0.2, 0.25) is 11.8 Å². The molecule has 1 aromatic heterocycles. The van der Waals surface area contributed by atoms with Crippen LogP contribution in [-0.4, -0.2) is 57.2 Å². The number of rotatable bonds is 8. The molecule has 9 nitrogen and oxygen atoms in total. The first-order valence-corrected chi connectivity index (χ1v) is 10.6. The zero-order chi connectivity index (χ0) is 20.9. The van der Waals surface area contributed by atoms with Crippen LogP contribution in [-0.2, 0) is 35.6 Å². The van der Waals surface area contributed by atoms with Gasteiger partial charge in [-0.25, -0.2) is 0 Å². The quantitative estimate of drug-likeness (QED) is 0.660. The Morgan fingerprint density at radius 2 is 2.17 bits per heavy atom. The molecule has 30 heavy (non-hydrogen) atoms. The van der Waals surface area contributed by atoms with Gasteiger partial charge in [-0.15, -0.1) is 10.2 Å². The minimum Gasteiger partial charge on any atom is -0.494 e. The van der Waals surface area contributed by atoms with Gasteiger partial charge >= 0.3 is 0 Å². The summed E-state index contributed by atoms with van der Waals surface area (Å²) < 4.78 is 7.78. The van der Waals surface area contributed by atoms with Gasteiger partial charge in [-0.05, 0) is 19.4 Å². The number of piperazine rings is 1. The fourth-order valence-electron chi connectivity index (χ4n) is 4.09. The highest BCUT2D eigenvalue weighted by atomic mass is 16.5. The number of benzene rings is 1. The summed E-state index contributed by atoms with van der Waals surface area (Å²) in [4.78, 5) is 27.2. The minimum absolute atomic E-state index is 0.101. The van der Waals surface area contributed by atoms with Gasteiger partial charge in [0, 0.05) is 38.2 Å². The molecule has 0 saturated carbocycles. The van der Waals surface area contributed by atoms with E-state index in [0.717, 1.165) is 42.3 Å². The predicted molar refractivity (Wildman–Crippen MR) is 110 cm³/mol. The molecule has 4 rings (SSSR count). The largest absolute Gasteiger partial charge is 0.494 e. The molecule has 2 aromatic rings. The Labute approximate surface area is 175 Å². The maximum absolute atomic E-state index is 12.6. The topological polar surface area (TPSA) is 101 Å². The Morgan fingerprint density at radius 1 is 1.30 bits per heavy atom. The molecule has 0 aliphatic carbocycles. The summed E-state index contributed by atoms with van der Waals surface area (Å²) in [6.45, 7) is 5.55. The van der Waals surface area contributed by atoms with Gasteiger partial charge in [0.15, 0.2) is 5.82 Å². The Balaban J connectivity index is 1.39. The van der Waals surface area contributed by atoms with Crippen molar-refractivity contribution in [2.24, 2.45) is 0 Å². The number of hydrogen-bond donors (Lipinski definition) is 2. The van der Waals surface area contributed by atoms with Crippen molar-refractivity contribution in [3.8, 4) is 5.75 Å². The van der Waals surface area contributed by atoms with Crippen molar-refractivity contribution >= 4 is 11.8 Å². The number of ether oxygens (including phenoxy) is 1. The Kier molecular flexibility index (Phi) is 6.27. The van der Waals surface area contributed by atoms with E-state index in [1.165, 1.54) is 0 Å². The van der Waals surface area contributed by atoms with Crippen molar-refractivity contribution in [3.63, 3.8) is 0 Å². The molecule has 3 heterocycles. The van der Waals surface area contributed by atoms with E-state index in [2.05, 4.69) is 25.4 Å². The van der Waals surface area contributed by atoms with Gasteiger partial charge < -0.3 is 19.9 Å². The molecule has 0 bridgehead atoms. The summed E-state index contributed by atoms with van der Waals surface area (Å²) in [5.41, 5.74) is 1.01. The van der Waals surface area contributed by atoms with Crippen LogP contribution in [0.5, 0.6) is 5.75 Å². The number of para-hydroxylation sites is 1. The summed E-state index contributed by atoms with van der Waals surface area (Å²) in [7, 11) is 0. The van der Waals surface area contributed by atoms with Crippen LogP contribution >= 0.6 is 0 Å². The molecule has 2 N–H and O–H groups in total. The molecule has 0 unspecified atom stereocenters. The van der Waals surface area contributed by atoms with E-state index in [4.69, 9.17) is 4.74 Å². The number of hydrogen-bond acceptors (Lipinski definition) is 6. The molecule has 1 aromatic carbocycles. The number of nitrogens with zero attached hydrogens (tertiary/aromatic N) is 4. The molecule has 0 radical (unpaired) electrons. The fraction of sp³-hybridized carbons (Fsp3) is 0.524. The predicted octanol–water partition coefficient (Wildman–Crippen LogP) is 0.630. The number of aromatic nitrogens is 3. The number of fused-ring (bicyclic) bond motifs is 1. The number of carbonyl (C=O) groups is 2. The first-order valence-electron chi connectivity index (χ1n) is 10.6. The average Bonchev–Trinajstić information content (AvgIpc) is 3.35. The van der Waals surface area contributed by atoms with Gasteiger partial charge in [-0.2, -0.15) is 0 Å². The smallest absolute Gasteiger partial charge is 0.237 e. The van der Waals surface area contributed by atoms with Crippen LogP contribution < -0.4 is 15.4 Å². The van der Waals surface area contributed by atoms with Gasteiger partial charge in [0.1, 0.15) is 11.6 Å². The van der Waals surface area contributed by atoms with Crippen molar-refractivity contribution in [3.05, 3.63) is 41.5 Å². The minimum atomic E-state index is -0.516. The lowest BCUT2D eigenvalue weighted by atomic mass is 10.1. The van der Waals surface area contributed by atoms with E-state index in [1.54, 1.807) is 0 Å². The molecule has 9 heteroatoms. The maximum atomic E-state index is 12.6. The third kappa shape index (κ3) is 4.46. The second-order valence-electron chi connectivity index (χ2n) is 7.59. The number of aryl methyl sites for hydroxylation is 1. The van der Waals surface area contributed by atoms with E-state index in [9.17, 15) is 9.59 Å². The molecule has 1 atom stereocenters. The highest BCUT2D eigenvalue weighted by Gasteiger charge is 2.32. The standard InChI is InChI=1S/C21H28N6O3/c1-2-30-17-7-4-3-6-15(17)14-26-11-9-22-21(29)16(26)12-20(28)23-13-19-25-24-18-8-5-10-27(18)19/h3-4,6-7,16H,2,5,8-14H2,1H3,(H,22,29)(H,23,28)/t16-/m0/s1. The van der Waals surface area contributed by atoms with E-state index in [-0.39, 0.29) is 18.2 Å². The second-order valence-corrected chi connectivity index (χ2v) is 7.59. The molecular formula is C21H28N6O3. The molecule has 2 aliphatic rings. The Morgan fingerprint density at radius 3 is 3.03 bits per heavy atom. The highest BCUT2D eigenvalue weighted by molar-refractivity contribution is 5.88. The number of carbonyl (C=O) groups excluding carboxylic acids is 2. The van der Waals surface area contributed by atoms with Crippen LogP contribution in [0.15, 0.2) is 24.3 Å². The van der Waals surface area contributed by atoms with Crippen molar-refractivity contribution in [2.75, 3.05) is 19.7 Å². The van der Waals surface area contributed by atoms with Crippen LogP contribution in [0.3, 0.4) is 0 Å². The zero-order valence-electron chi connectivity index (χ0n) is 17.3. The van der Waals surface area contributed by atoms with Crippen LogP contribution in [0, 0.1) is 0 Å². The zero-order valence-corrected chi connectivity index (χ0v) is 17.3. The van der Waals surface area contributed by atoms with E-state index >= 15 is 0 Å². The first kappa shape index (κ1) is 20.3. The van der Waals surface area contributed by atoms with Crippen molar-refractivity contribution < 1.29 is 14.3 Å². The molecule has 2 amide bonds. The Hall–Kier alpha value is -2.94. The summed E-state index contributed by atoms with van der Waals surface area (Å²) in [5.74, 6) is 2.27. The second kappa shape index (κ2) is 9.25. The summed E-state index contributed by atoms with van der Waals surface area (Å²) >= 11 is 0. The monoisotopic (exact) mass is 412 g/mol. The van der Waals surface area contributed by atoms with E-state index in [1.807, 2.05) is 36.1 Å². The van der Waals surface area contributed by atoms with E-state index < -0.39 is 6.04 Å². The fourth-order valence-corrected chi connectivity index (χ4v) is 4.09. The average molecular weight is 412 g/mol. The SMILES string of the molecule is CCOc1ccccc1CN1CCNC(=O)[C@@H]1CC(=O)NCc1nnc2n1CCC2. The number of nitrogens with one attached hydrogen (secondary N) is 2.